The summed E-state index contributed by atoms with van der Waals surface area (Å²) >= 11 is 0. The summed E-state index contributed by atoms with van der Waals surface area (Å²) in [6.45, 7) is 2.90. The quantitative estimate of drug-likeness (QED) is 0.419. The molecule has 0 aliphatic carbocycles. The molecule has 2 N–H and O–H groups in total. The lowest BCUT2D eigenvalue weighted by atomic mass is 10.2. The van der Waals surface area contributed by atoms with E-state index in [0.717, 1.165) is 0 Å². The maximum Gasteiger partial charge on any atom is 0.524 e. The summed E-state index contributed by atoms with van der Waals surface area (Å²) in [7, 11) is -3.31. The fraction of sp³-hybridized carbons (Fsp3) is 0.571. The molecule has 0 aromatic rings. The molecule has 0 aliphatic heterocycles. The van der Waals surface area contributed by atoms with E-state index in [1.165, 1.54) is 21.0 Å². The van der Waals surface area contributed by atoms with E-state index in [0.29, 0.717) is 5.57 Å². The minimum absolute atomic E-state index is 0.0312. The summed E-state index contributed by atoms with van der Waals surface area (Å²) in [5.74, 6) is -0.458. The summed E-state index contributed by atoms with van der Waals surface area (Å²) < 4.78 is 19.1. The van der Waals surface area contributed by atoms with E-state index in [1.807, 2.05) is 0 Å². The smallest absolute Gasteiger partial charge is 0.469 e. The molecule has 7 heteroatoms. The minimum Gasteiger partial charge on any atom is -0.469 e. The molecule has 14 heavy (non-hydrogen) atoms. The van der Waals surface area contributed by atoms with E-state index in [9.17, 15) is 9.36 Å². The van der Waals surface area contributed by atoms with Gasteiger partial charge in [-0.25, -0.2) is 4.57 Å². The lowest BCUT2D eigenvalue weighted by Gasteiger charge is -2.09. The molecule has 0 unspecified atom stereocenters. The highest BCUT2D eigenvalue weighted by atomic mass is 31.2. The number of hydrogen-bond donors (Lipinski definition) is 2. The van der Waals surface area contributed by atoms with Crippen molar-refractivity contribution in [2.45, 2.75) is 20.3 Å². The molecule has 6 nitrogen and oxygen atoms in total. The molecule has 82 valence electrons. The van der Waals surface area contributed by atoms with E-state index < -0.39 is 13.8 Å². The molecule has 0 saturated carbocycles. The van der Waals surface area contributed by atoms with Crippen LogP contribution >= 0.6 is 7.82 Å². The Labute approximate surface area is 81.8 Å². The second-order valence-electron chi connectivity index (χ2n) is 2.67. The van der Waals surface area contributed by atoms with Gasteiger partial charge in [-0.15, -0.1) is 0 Å². The molecule has 0 spiro atoms. The van der Waals surface area contributed by atoms with E-state index in [-0.39, 0.29) is 12.2 Å². The summed E-state index contributed by atoms with van der Waals surface area (Å²) in [5, 5.41) is 0. The monoisotopic (exact) mass is 224 g/mol. The average molecular weight is 224 g/mol. The van der Waals surface area contributed by atoms with E-state index >= 15 is 0 Å². The number of phosphoric ester groups is 1. The molecular weight excluding hydrogens is 211 g/mol. The van der Waals surface area contributed by atoms with Crippen molar-refractivity contribution in [3.63, 3.8) is 0 Å². The van der Waals surface area contributed by atoms with Crippen LogP contribution in [0.15, 0.2) is 11.3 Å². The molecule has 0 bridgehead atoms. The average Bonchev–Trinajstić information content (AvgIpc) is 2.00. The zero-order chi connectivity index (χ0) is 11.4. The Morgan fingerprint density at radius 2 is 1.86 bits per heavy atom. The van der Waals surface area contributed by atoms with Gasteiger partial charge in [-0.2, -0.15) is 0 Å². The summed E-state index contributed by atoms with van der Waals surface area (Å²) in [6.07, 6.45) is -0.0532. The van der Waals surface area contributed by atoms with Crippen LogP contribution < -0.4 is 0 Å². The van der Waals surface area contributed by atoms with Crippen molar-refractivity contribution in [1.29, 1.82) is 0 Å². The third-order valence-electron chi connectivity index (χ3n) is 1.49. The van der Waals surface area contributed by atoms with Crippen LogP contribution in [0.2, 0.25) is 0 Å². The highest BCUT2D eigenvalue weighted by Crippen LogP contribution is 2.39. The lowest BCUT2D eigenvalue weighted by molar-refractivity contribution is -0.139. The second kappa shape index (κ2) is 5.14. The van der Waals surface area contributed by atoms with Gasteiger partial charge in [0.05, 0.1) is 13.5 Å². The highest BCUT2D eigenvalue weighted by molar-refractivity contribution is 7.46. The number of esters is 1. The number of methoxy groups -OCH3 is 1. The predicted molar refractivity (Wildman–Crippen MR) is 48.1 cm³/mol. The molecule has 0 aromatic carbocycles. The van der Waals surface area contributed by atoms with Gasteiger partial charge in [0, 0.05) is 0 Å². The fourth-order valence-electron chi connectivity index (χ4n) is 0.669. The van der Waals surface area contributed by atoms with Crippen LogP contribution in [0.3, 0.4) is 0 Å². The highest BCUT2D eigenvalue weighted by Gasteiger charge is 2.17. The van der Waals surface area contributed by atoms with Crippen LogP contribution in [-0.4, -0.2) is 22.9 Å². The van der Waals surface area contributed by atoms with Gasteiger partial charge in [0.2, 0.25) is 0 Å². The van der Waals surface area contributed by atoms with Crippen LogP contribution in [0.1, 0.15) is 20.3 Å². The Kier molecular flexibility index (Phi) is 4.83. The van der Waals surface area contributed by atoms with Crippen molar-refractivity contribution >= 4 is 13.8 Å². The molecule has 0 fully saturated rings. The Morgan fingerprint density at radius 3 is 2.21 bits per heavy atom. The summed E-state index contributed by atoms with van der Waals surface area (Å²) in [4.78, 5) is 27.7. The Balaban J connectivity index is 4.44. The number of hydrogen-bond acceptors (Lipinski definition) is 4. The fourth-order valence-corrected chi connectivity index (χ4v) is 1.18. The molecule has 0 rings (SSSR count). The Hall–Kier alpha value is -0.840. The third-order valence-corrected chi connectivity index (χ3v) is 2.01. The second-order valence-corrected chi connectivity index (χ2v) is 3.84. The van der Waals surface area contributed by atoms with Gasteiger partial charge in [-0.05, 0) is 19.4 Å². The molecule has 0 atom stereocenters. The molecule has 0 amide bonds. The summed E-state index contributed by atoms with van der Waals surface area (Å²) in [5.41, 5.74) is 0.417. The standard InChI is InChI=1S/C7H13O6P/c1-5(4-7(8)12-3)6(2)13-14(9,10)11/h4H2,1-3H3,(H2,9,10,11). The maximum absolute atomic E-state index is 10.8. The van der Waals surface area contributed by atoms with Crippen molar-refractivity contribution < 1.29 is 28.4 Å². The van der Waals surface area contributed by atoms with Crippen LogP contribution in [0, 0.1) is 0 Å². The predicted octanol–water partition coefficient (Wildman–Crippen LogP) is 0.953. The van der Waals surface area contributed by atoms with Gasteiger partial charge in [0.1, 0.15) is 5.76 Å². The van der Waals surface area contributed by atoms with Gasteiger partial charge < -0.3 is 9.26 Å². The van der Waals surface area contributed by atoms with Crippen molar-refractivity contribution in [2.75, 3.05) is 7.11 Å². The van der Waals surface area contributed by atoms with Crippen LogP contribution in [0.5, 0.6) is 0 Å². The zero-order valence-corrected chi connectivity index (χ0v) is 9.08. The SMILES string of the molecule is COC(=O)CC(C)=C(C)OP(=O)(O)O. The topological polar surface area (TPSA) is 93.1 Å². The van der Waals surface area contributed by atoms with Crippen molar-refractivity contribution in [3.05, 3.63) is 11.3 Å². The van der Waals surface area contributed by atoms with E-state index in [4.69, 9.17) is 9.79 Å². The Bertz CT molecular complexity index is 289. The molecule has 0 aromatic heterocycles. The van der Waals surface area contributed by atoms with Crippen molar-refractivity contribution in [2.24, 2.45) is 0 Å². The molecule has 0 radical (unpaired) electrons. The van der Waals surface area contributed by atoms with Gasteiger partial charge >= 0.3 is 13.8 Å². The maximum atomic E-state index is 10.8. The van der Waals surface area contributed by atoms with E-state index in [2.05, 4.69) is 9.26 Å². The third kappa shape index (κ3) is 5.75. The largest absolute Gasteiger partial charge is 0.524 e. The lowest BCUT2D eigenvalue weighted by Crippen LogP contribution is -2.02. The molecule has 0 heterocycles. The number of ether oxygens (including phenoxy) is 1. The van der Waals surface area contributed by atoms with Crippen molar-refractivity contribution in [3.8, 4) is 0 Å². The number of carbonyl (C=O) groups is 1. The first-order chi connectivity index (χ1) is 6.26. The van der Waals surface area contributed by atoms with Crippen LogP contribution in [-0.2, 0) is 18.6 Å². The first kappa shape index (κ1) is 13.2. The first-order valence-electron chi connectivity index (χ1n) is 3.74. The van der Waals surface area contributed by atoms with Crippen LogP contribution in [0.25, 0.3) is 0 Å². The van der Waals surface area contributed by atoms with E-state index in [1.54, 1.807) is 0 Å². The summed E-state index contributed by atoms with van der Waals surface area (Å²) in [6, 6.07) is 0. The number of phosphoric acid groups is 1. The number of carbonyl (C=O) groups excluding carboxylic acids is 1. The number of allylic oxidation sites excluding steroid dienone is 1. The van der Waals surface area contributed by atoms with Gasteiger partial charge in [0.15, 0.2) is 0 Å². The Morgan fingerprint density at radius 1 is 1.36 bits per heavy atom. The first-order valence-corrected chi connectivity index (χ1v) is 5.27. The van der Waals surface area contributed by atoms with Crippen LogP contribution in [0.4, 0.5) is 0 Å². The molecule has 0 saturated heterocycles. The normalized spacial score (nSPS) is 13.2. The molecular formula is C7H13O6P. The minimum atomic E-state index is -4.54. The number of rotatable bonds is 4. The van der Waals surface area contributed by atoms with Gasteiger partial charge in [-0.1, -0.05) is 0 Å². The van der Waals surface area contributed by atoms with Gasteiger partial charge in [0.25, 0.3) is 0 Å². The van der Waals surface area contributed by atoms with Gasteiger partial charge in [-0.3, -0.25) is 14.6 Å². The van der Waals surface area contributed by atoms with Crippen molar-refractivity contribution in [1.82, 2.24) is 0 Å². The molecule has 0 aliphatic rings. The zero-order valence-electron chi connectivity index (χ0n) is 8.18.